The van der Waals surface area contributed by atoms with Crippen LogP contribution in [0.3, 0.4) is 0 Å². The summed E-state index contributed by atoms with van der Waals surface area (Å²) < 4.78 is 47.0. The van der Waals surface area contributed by atoms with E-state index in [1.165, 1.54) is 6.07 Å². The molecule has 2 aromatic heterocycles. The van der Waals surface area contributed by atoms with E-state index in [1.54, 1.807) is 12.1 Å². The van der Waals surface area contributed by atoms with Gasteiger partial charge in [-0.2, -0.15) is 23.7 Å². The summed E-state index contributed by atoms with van der Waals surface area (Å²) in [4.78, 5) is 0. The fourth-order valence-corrected chi connectivity index (χ4v) is 7.67. The molecule has 2 heterocycles. The third-order valence-corrected chi connectivity index (χ3v) is 10.5. The van der Waals surface area contributed by atoms with Crippen molar-refractivity contribution in [3.63, 3.8) is 0 Å². The third kappa shape index (κ3) is 5.60. The van der Waals surface area contributed by atoms with Gasteiger partial charge in [0.15, 0.2) is 0 Å². The Labute approximate surface area is 311 Å². The van der Waals surface area contributed by atoms with Crippen LogP contribution in [0.5, 0.6) is 0 Å². The van der Waals surface area contributed by atoms with Gasteiger partial charge in [-0.05, 0) is 99.8 Å². The van der Waals surface area contributed by atoms with Crippen LogP contribution in [0.15, 0.2) is 115 Å². The lowest BCUT2D eigenvalue weighted by Crippen LogP contribution is -2.11. The molecule has 0 N–H and O–H groups in total. The number of para-hydroxylation sites is 2. The zero-order valence-electron chi connectivity index (χ0n) is 30.9. The molecule has 0 bridgehead atoms. The van der Waals surface area contributed by atoms with Gasteiger partial charge in [0, 0.05) is 21.5 Å². The van der Waals surface area contributed by atoms with Crippen LogP contribution in [0.25, 0.3) is 66.1 Å². The van der Waals surface area contributed by atoms with Gasteiger partial charge in [-0.15, -0.1) is 0 Å². The van der Waals surface area contributed by atoms with E-state index in [1.807, 2.05) is 51.6 Å². The highest BCUT2D eigenvalue weighted by atomic mass is 19.4. The molecule has 0 aliphatic carbocycles. The van der Waals surface area contributed by atoms with Gasteiger partial charge in [0.2, 0.25) is 0 Å². The van der Waals surface area contributed by atoms with Gasteiger partial charge in [-0.3, -0.25) is 0 Å². The summed E-state index contributed by atoms with van der Waals surface area (Å²) in [6.45, 7) is 13.0. The minimum absolute atomic E-state index is 0.106. The van der Waals surface area contributed by atoms with Gasteiger partial charge in [0.1, 0.15) is 11.6 Å². The van der Waals surface area contributed by atoms with Gasteiger partial charge in [-0.1, -0.05) is 90.1 Å². The fourth-order valence-electron chi connectivity index (χ4n) is 7.67. The second-order valence-corrected chi connectivity index (χ2v) is 16.1. The summed E-state index contributed by atoms with van der Waals surface area (Å²) in [5, 5.41) is 25.1. The van der Waals surface area contributed by atoms with Crippen molar-refractivity contribution < 1.29 is 13.2 Å². The van der Waals surface area contributed by atoms with E-state index in [0.29, 0.717) is 22.5 Å². The highest BCUT2D eigenvalue weighted by Gasteiger charge is 2.32. The Morgan fingerprint density at radius 2 is 0.907 bits per heavy atom. The molecule has 0 aliphatic rings. The molecule has 266 valence electrons. The molecule has 0 radical (unpaired) electrons. The lowest BCUT2D eigenvalue weighted by molar-refractivity contribution is -0.137. The number of aromatic nitrogens is 2. The fraction of sp³-hybridized carbons (Fsp3) is 0.191. The molecule has 0 unspecified atom stereocenters. The predicted molar refractivity (Wildman–Crippen MR) is 212 cm³/mol. The summed E-state index contributed by atoms with van der Waals surface area (Å²) in [6.07, 6.45) is -4.67. The lowest BCUT2D eigenvalue weighted by Gasteiger charge is -2.21. The molecule has 54 heavy (non-hydrogen) atoms. The first-order chi connectivity index (χ1) is 25.6. The predicted octanol–water partition coefficient (Wildman–Crippen LogP) is 12.9. The average Bonchev–Trinajstić information content (AvgIpc) is 3.65. The van der Waals surface area contributed by atoms with Crippen molar-refractivity contribution >= 4 is 43.6 Å². The van der Waals surface area contributed by atoms with Crippen LogP contribution < -0.4 is 0 Å². The zero-order valence-corrected chi connectivity index (χ0v) is 30.9. The molecule has 7 heteroatoms. The van der Waals surface area contributed by atoms with Gasteiger partial charge in [-0.25, -0.2) is 0 Å². The van der Waals surface area contributed by atoms with Crippen LogP contribution >= 0.6 is 0 Å². The van der Waals surface area contributed by atoms with E-state index in [4.69, 9.17) is 0 Å². The second kappa shape index (κ2) is 12.1. The number of hydrogen-bond acceptors (Lipinski definition) is 2. The van der Waals surface area contributed by atoms with Crippen molar-refractivity contribution in [2.75, 3.05) is 0 Å². The van der Waals surface area contributed by atoms with Gasteiger partial charge in [0.25, 0.3) is 0 Å². The van der Waals surface area contributed by atoms with E-state index < -0.39 is 11.7 Å². The maximum atomic E-state index is 14.3. The van der Waals surface area contributed by atoms with E-state index in [-0.39, 0.29) is 22.0 Å². The smallest absolute Gasteiger partial charge is 0.308 e. The van der Waals surface area contributed by atoms with Crippen molar-refractivity contribution in [1.29, 1.82) is 10.5 Å². The van der Waals surface area contributed by atoms with Crippen LogP contribution in [-0.4, -0.2) is 9.13 Å². The Morgan fingerprint density at radius 3 is 1.33 bits per heavy atom. The molecule has 8 aromatic rings. The molecular formula is C47H37F3N4. The van der Waals surface area contributed by atoms with E-state index in [0.717, 1.165) is 66.9 Å². The van der Waals surface area contributed by atoms with Crippen LogP contribution in [0.1, 0.15) is 69.4 Å². The second-order valence-electron chi connectivity index (χ2n) is 16.1. The molecule has 6 aromatic carbocycles. The molecule has 0 amide bonds. The molecule has 4 nitrogen and oxygen atoms in total. The maximum Gasteiger partial charge on any atom is 0.416 e. The number of benzene rings is 6. The molecule has 0 fully saturated rings. The minimum atomic E-state index is -4.67. The number of halogens is 3. The molecule has 8 rings (SSSR count). The van der Waals surface area contributed by atoms with Crippen LogP contribution in [0.2, 0.25) is 0 Å². The molecule has 0 atom stereocenters. The molecule has 0 saturated carbocycles. The molecule has 0 aliphatic heterocycles. The standard InChI is InChI=1S/C47H37F3N4/c1-45(2,3)31-15-17-41-36(24-31)34-11-7-9-13-39(34)53(41)43-22-30(29-19-28(26-51)20-33(21-29)47(48,49)50)23-44(38(43)27-52)54-40-14-10-8-12-35(40)37-25-32(46(4,5)6)16-18-42(37)54/h7-25H,1-6H3. The van der Waals surface area contributed by atoms with Crippen molar-refractivity contribution in [1.82, 2.24) is 9.13 Å². The van der Waals surface area contributed by atoms with E-state index in [2.05, 4.69) is 96.1 Å². The van der Waals surface area contributed by atoms with Gasteiger partial charge >= 0.3 is 6.18 Å². The topological polar surface area (TPSA) is 57.4 Å². The van der Waals surface area contributed by atoms with Crippen LogP contribution in [0.4, 0.5) is 13.2 Å². The van der Waals surface area contributed by atoms with Crippen LogP contribution in [-0.2, 0) is 17.0 Å². The van der Waals surface area contributed by atoms with Crippen molar-refractivity contribution in [3.8, 4) is 34.6 Å². The Hall–Kier alpha value is -6.31. The number of rotatable bonds is 3. The monoisotopic (exact) mass is 714 g/mol. The first-order valence-electron chi connectivity index (χ1n) is 17.9. The highest BCUT2D eigenvalue weighted by Crippen LogP contribution is 2.42. The van der Waals surface area contributed by atoms with Gasteiger partial charge in [0.05, 0.1) is 50.6 Å². The summed E-state index contributed by atoms with van der Waals surface area (Å²) in [5.41, 5.74) is 6.56. The molecular weight excluding hydrogens is 678 g/mol. The third-order valence-electron chi connectivity index (χ3n) is 10.5. The summed E-state index contributed by atoms with van der Waals surface area (Å²) in [7, 11) is 0. The maximum absolute atomic E-state index is 14.3. The SMILES string of the molecule is CC(C)(C)c1ccc2c(c1)c1ccccc1n2-c1cc(-c2cc(C#N)cc(C(F)(F)F)c2)cc(-n2c3ccccc3c3cc(C(C)(C)C)ccc32)c1C#N. The molecule has 0 saturated heterocycles. The first kappa shape index (κ1) is 34.8. The van der Waals surface area contributed by atoms with Crippen molar-refractivity contribution in [2.24, 2.45) is 0 Å². The largest absolute Gasteiger partial charge is 0.416 e. The number of hydrogen-bond donors (Lipinski definition) is 0. The quantitative estimate of drug-likeness (QED) is 0.183. The van der Waals surface area contributed by atoms with E-state index in [9.17, 15) is 23.7 Å². The average molecular weight is 715 g/mol. The zero-order chi connectivity index (χ0) is 38.3. The number of fused-ring (bicyclic) bond motifs is 6. The summed E-state index contributed by atoms with van der Waals surface area (Å²) in [6, 6.07) is 40.2. The normalized spacial score (nSPS) is 12.5. The Kier molecular flexibility index (Phi) is 7.80. The first-order valence-corrected chi connectivity index (χ1v) is 17.9. The summed E-state index contributed by atoms with van der Waals surface area (Å²) >= 11 is 0. The number of nitriles is 2. The number of nitrogens with zero attached hydrogens (tertiary/aromatic N) is 4. The minimum Gasteiger partial charge on any atom is -0.308 e. The number of alkyl halides is 3. The summed E-state index contributed by atoms with van der Waals surface area (Å²) in [5.74, 6) is 0. The molecule has 0 spiro atoms. The Balaban J connectivity index is 1.55. The van der Waals surface area contributed by atoms with E-state index >= 15 is 0 Å². The van der Waals surface area contributed by atoms with Crippen LogP contribution in [0, 0.1) is 22.7 Å². The Bertz CT molecular complexity index is 2760. The lowest BCUT2D eigenvalue weighted by atomic mass is 9.86. The van der Waals surface area contributed by atoms with Gasteiger partial charge < -0.3 is 9.13 Å². The Morgan fingerprint density at radius 1 is 0.463 bits per heavy atom. The van der Waals surface area contributed by atoms with Crippen molar-refractivity contribution in [3.05, 3.63) is 143 Å². The van der Waals surface area contributed by atoms with Crippen molar-refractivity contribution in [2.45, 2.75) is 58.5 Å². The highest BCUT2D eigenvalue weighted by molar-refractivity contribution is 6.11.